The lowest BCUT2D eigenvalue weighted by atomic mass is 9.87. The van der Waals surface area contributed by atoms with E-state index >= 15 is 0 Å². The Bertz CT molecular complexity index is 2220. The highest BCUT2D eigenvalue weighted by Crippen LogP contribution is 2.43. The van der Waals surface area contributed by atoms with Crippen LogP contribution in [0.3, 0.4) is 0 Å². The van der Waals surface area contributed by atoms with E-state index in [-0.39, 0.29) is 5.56 Å². The summed E-state index contributed by atoms with van der Waals surface area (Å²) in [5.74, 6) is -9.78. The van der Waals surface area contributed by atoms with E-state index in [1.807, 2.05) is 48.5 Å². The predicted octanol–water partition coefficient (Wildman–Crippen LogP) is 10.9. The van der Waals surface area contributed by atoms with Crippen LogP contribution in [0.25, 0.3) is 76.1 Å². The van der Waals surface area contributed by atoms with E-state index in [2.05, 4.69) is 42.5 Å². The molecule has 0 saturated carbocycles. The fraction of sp³-hybridized carbons (Fsp3) is 0. The Kier molecular flexibility index (Phi) is 4.93. The Morgan fingerprint density at radius 2 is 0.683 bits per heavy atom. The lowest BCUT2D eigenvalue weighted by molar-refractivity contribution is 0.381. The van der Waals surface area contributed by atoms with Crippen LogP contribution in [-0.4, -0.2) is 0 Å². The standard InChI is InChI=1S/C36H17F5/c37-32-31(33(38)35(40)36(41)34(32)39)25-16-22-11-9-20-14-24(15-21-10-12-23(17-25)29(22)28(20)21)30-26-7-3-1-5-18(26)13-19-6-2-4-8-27(19)30/h1-17H. The van der Waals surface area contributed by atoms with Crippen molar-refractivity contribution in [2.75, 3.05) is 0 Å². The molecular weight excluding hydrogens is 527 g/mol. The van der Waals surface area contributed by atoms with Crippen molar-refractivity contribution in [1.29, 1.82) is 0 Å². The predicted molar refractivity (Wildman–Crippen MR) is 156 cm³/mol. The third-order valence-corrected chi connectivity index (χ3v) is 8.09. The first-order valence-corrected chi connectivity index (χ1v) is 13.1. The minimum absolute atomic E-state index is 0.0772. The quantitative estimate of drug-likeness (QED) is 0.0668. The Hall–Kier alpha value is -5.03. The molecule has 41 heavy (non-hydrogen) atoms. The molecule has 0 bridgehead atoms. The Balaban J connectivity index is 1.41. The molecule has 8 aromatic rings. The first kappa shape index (κ1) is 23.8. The Morgan fingerprint density at radius 3 is 1.12 bits per heavy atom. The lowest BCUT2D eigenvalue weighted by Gasteiger charge is -2.17. The highest BCUT2D eigenvalue weighted by atomic mass is 19.2. The van der Waals surface area contributed by atoms with Crippen molar-refractivity contribution in [2.24, 2.45) is 0 Å². The van der Waals surface area contributed by atoms with Gasteiger partial charge >= 0.3 is 0 Å². The van der Waals surface area contributed by atoms with E-state index in [1.54, 1.807) is 0 Å². The highest BCUT2D eigenvalue weighted by molar-refractivity contribution is 6.25. The highest BCUT2D eigenvalue weighted by Gasteiger charge is 2.27. The topological polar surface area (TPSA) is 0 Å². The van der Waals surface area contributed by atoms with Gasteiger partial charge in [-0.25, -0.2) is 22.0 Å². The first-order chi connectivity index (χ1) is 19.9. The van der Waals surface area contributed by atoms with E-state index in [1.165, 1.54) is 12.1 Å². The monoisotopic (exact) mass is 544 g/mol. The van der Waals surface area contributed by atoms with Crippen LogP contribution in [-0.2, 0) is 0 Å². The number of hydrogen-bond donors (Lipinski definition) is 0. The van der Waals surface area contributed by atoms with Crippen LogP contribution >= 0.6 is 0 Å². The molecule has 0 saturated heterocycles. The van der Waals surface area contributed by atoms with Crippen molar-refractivity contribution in [1.82, 2.24) is 0 Å². The minimum Gasteiger partial charge on any atom is -0.203 e. The summed E-state index contributed by atoms with van der Waals surface area (Å²) in [6, 6.07) is 33.6. The average molecular weight is 545 g/mol. The van der Waals surface area contributed by atoms with Gasteiger partial charge in [-0.3, -0.25) is 0 Å². The molecule has 0 unspecified atom stereocenters. The molecule has 196 valence electrons. The molecular formula is C36H17F5. The fourth-order valence-electron chi connectivity index (χ4n) is 6.31. The van der Waals surface area contributed by atoms with Gasteiger partial charge in [0.1, 0.15) is 0 Å². The summed E-state index contributed by atoms with van der Waals surface area (Å²) in [5.41, 5.74) is 1.19. The van der Waals surface area contributed by atoms with Gasteiger partial charge in [-0.1, -0.05) is 72.8 Å². The van der Waals surface area contributed by atoms with Gasteiger partial charge in [0, 0.05) is 0 Å². The summed E-state index contributed by atoms with van der Waals surface area (Å²) >= 11 is 0. The van der Waals surface area contributed by atoms with Crippen LogP contribution in [0.1, 0.15) is 0 Å². The number of rotatable bonds is 2. The van der Waals surface area contributed by atoms with Crippen molar-refractivity contribution >= 4 is 53.9 Å². The number of fused-ring (bicyclic) bond motifs is 2. The average Bonchev–Trinajstić information content (AvgIpc) is 3.00. The maximum atomic E-state index is 14.7. The maximum absolute atomic E-state index is 14.7. The lowest BCUT2D eigenvalue weighted by Crippen LogP contribution is -2.04. The third-order valence-electron chi connectivity index (χ3n) is 8.09. The summed E-state index contributed by atoms with van der Waals surface area (Å²) in [6.45, 7) is 0. The van der Waals surface area contributed by atoms with Crippen LogP contribution < -0.4 is 0 Å². The van der Waals surface area contributed by atoms with Crippen molar-refractivity contribution in [2.45, 2.75) is 0 Å². The summed E-state index contributed by atoms with van der Waals surface area (Å²) in [4.78, 5) is 0. The summed E-state index contributed by atoms with van der Waals surface area (Å²) in [7, 11) is 0. The second kappa shape index (κ2) is 8.48. The normalized spacial score (nSPS) is 12.0. The minimum atomic E-state index is -2.17. The van der Waals surface area contributed by atoms with Gasteiger partial charge in [0.2, 0.25) is 5.82 Å². The molecule has 0 aliphatic carbocycles. The van der Waals surface area contributed by atoms with Crippen molar-refractivity contribution in [3.05, 3.63) is 132 Å². The summed E-state index contributed by atoms with van der Waals surface area (Å²) in [6.07, 6.45) is 0. The summed E-state index contributed by atoms with van der Waals surface area (Å²) < 4.78 is 71.0. The van der Waals surface area contributed by atoms with Gasteiger partial charge < -0.3 is 0 Å². The number of halogens is 5. The van der Waals surface area contributed by atoms with E-state index in [0.29, 0.717) is 10.8 Å². The van der Waals surface area contributed by atoms with Crippen molar-refractivity contribution in [3.63, 3.8) is 0 Å². The second-order valence-electron chi connectivity index (χ2n) is 10.4. The molecule has 0 N–H and O–H groups in total. The Morgan fingerprint density at radius 1 is 0.317 bits per heavy atom. The van der Waals surface area contributed by atoms with Crippen LogP contribution in [0, 0.1) is 29.1 Å². The molecule has 0 nitrogen and oxygen atoms in total. The van der Waals surface area contributed by atoms with Crippen LogP contribution in [0.4, 0.5) is 22.0 Å². The molecule has 0 aliphatic heterocycles. The largest absolute Gasteiger partial charge is 0.203 e. The molecule has 8 aromatic carbocycles. The van der Waals surface area contributed by atoms with Crippen molar-refractivity contribution < 1.29 is 22.0 Å². The molecule has 0 spiro atoms. The maximum Gasteiger partial charge on any atom is 0.200 e. The van der Waals surface area contributed by atoms with E-state index in [9.17, 15) is 22.0 Å². The van der Waals surface area contributed by atoms with E-state index in [4.69, 9.17) is 0 Å². The molecule has 0 amide bonds. The van der Waals surface area contributed by atoms with Crippen LogP contribution in [0.15, 0.2) is 103 Å². The van der Waals surface area contributed by atoms with Crippen molar-refractivity contribution in [3.8, 4) is 22.3 Å². The smallest absolute Gasteiger partial charge is 0.200 e. The van der Waals surface area contributed by atoms with Gasteiger partial charge in [0.15, 0.2) is 23.3 Å². The first-order valence-electron chi connectivity index (χ1n) is 13.1. The zero-order valence-corrected chi connectivity index (χ0v) is 21.2. The molecule has 0 heterocycles. The SMILES string of the molecule is Fc1c(F)c(F)c(-c2cc3ccc4cc(-c5c6ccccc6cc6ccccc56)cc5ccc(c2)c3c45)c(F)c1F. The third kappa shape index (κ3) is 3.32. The zero-order chi connectivity index (χ0) is 28.0. The second-order valence-corrected chi connectivity index (χ2v) is 10.4. The van der Waals surface area contributed by atoms with Gasteiger partial charge in [-0.05, 0) is 101 Å². The van der Waals surface area contributed by atoms with E-state index in [0.717, 1.165) is 54.2 Å². The molecule has 5 heteroatoms. The van der Waals surface area contributed by atoms with Crippen LogP contribution in [0.2, 0.25) is 0 Å². The molecule has 0 aromatic heterocycles. The van der Waals surface area contributed by atoms with Gasteiger partial charge in [-0.2, -0.15) is 0 Å². The van der Waals surface area contributed by atoms with Gasteiger partial charge in [0.25, 0.3) is 0 Å². The Labute approximate surface area is 230 Å². The van der Waals surface area contributed by atoms with E-state index < -0.39 is 34.6 Å². The molecule has 0 fully saturated rings. The summed E-state index contributed by atoms with van der Waals surface area (Å²) in [5, 5.41) is 9.66. The van der Waals surface area contributed by atoms with Gasteiger partial charge in [-0.15, -0.1) is 0 Å². The number of benzene rings is 8. The molecule has 0 radical (unpaired) electrons. The molecule has 0 atom stereocenters. The zero-order valence-electron chi connectivity index (χ0n) is 21.2. The van der Waals surface area contributed by atoms with Crippen LogP contribution in [0.5, 0.6) is 0 Å². The number of hydrogen-bond acceptors (Lipinski definition) is 0. The van der Waals surface area contributed by atoms with Gasteiger partial charge in [0.05, 0.1) is 5.56 Å². The molecule has 0 aliphatic rings. The molecule has 8 rings (SSSR count). The fourth-order valence-corrected chi connectivity index (χ4v) is 6.31.